The van der Waals surface area contributed by atoms with E-state index in [-0.39, 0.29) is 23.7 Å². The van der Waals surface area contributed by atoms with Gasteiger partial charge in [0.15, 0.2) is 5.76 Å². The third-order valence-electron chi connectivity index (χ3n) is 3.55. The van der Waals surface area contributed by atoms with Crippen LogP contribution in [0.5, 0.6) is 0 Å². The van der Waals surface area contributed by atoms with Crippen LogP contribution in [-0.2, 0) is 10.0 Å². The number of pyridine rings is 1. The van der Waals surface area contributed by atoms with Gasteiger partial charge in [0.1, 0.15) is 4.90 Å². The first-order valence-corrected chi connectivity index (χ1v) is 9.12. The van der Waals surface area contributed by atoms with Crippen LogP contribution in [0, 0.1) is 6.92 Å². The van der Waals surface area contributed by atoms with Crippen LogP contribution in [0.15, 0.2) is 58.2 Å². The summed E-state index contributed by atoms with van der Waals surface area (Å²) in [5.41, 5.74) is 1.37. The summed E-state index contributed by atoms with van der Waals surface area (Å²) in [6.45, 7) is 2.08. The van der Waals surface area contributed by atoms with E-state index in [2.05, 4.69) is 15.0 Å². The predicted molar refractivity (Wildman–Crippen MR) is 92.7 cm³/mol. The highest BCUT2D eigenvalue weighted by molar-refractivity contribution is 7.89. The Hall–Kier alpha value is -2.71. The monoisotopic (exact) mass is 359 g/mol. The third kappa shape index (κ3) is 3.86. The minimum atomic E-state index is -3.74. The molecule has 0 spiro atoms. The Kier molecular flexibility index (Phi) is 4.82. The molecule has 0 saturated carbocycles. The number of aryl methyl sites for hydroxylation is 1. The average Bonchev–Trinajstić information content (AvgIpc) is 3.12. The van der Waals surface area contributed by atoms with Crippen molar-refractivity contribution in [1.82, 2.24) is 15.0 Å². The number of hydrogen-bond acceptors (Lipinski definition) is 5. The number of para-hydroxylation sites is 1. The number of rotatable bonds is 6. The maximum absolute atomic E-state index is 12.5. The molecule has 2 heterocycles. The van der Waals surface area contributed by atoms with E-state index < -0.39 is 15.9 Å². The largest absolute Gasteiger partial charge is 0.459 e. The van der Waals surface area contributed by atoms with Crippen LogP contribution in [0.25, 0.3) is 10.9 Å². The van der Waals surface area contributed by atoms with Crippen LogP contribution in [0.1, 0.15) is 16.1 Å². The average molecular weight is 359 g/mol. The Bertz CT molecular complexity index is 998. The Labute approximate surface area is 145 Å². The quantitative estimate of drug-likeness (QED) is 0.654. The summed E-state index contributed by atoms with van der Waals surface area (Å²) in [4.78, 5) is 16.1. The van der Waals surface area contributed by atoms with E-state index in [1.165, 1.54) is 18.4 Å². The molecule has 8 heteroatoms. The molecular weight excluding hydrogens is 342 g/mol. The van der Waals surface area contributed by atoms with Crippen LogP contribution in [0.4, 0.5) is 0 Å². The molecule has 0 bridgehead atoms. The number of furan rings is 1. The molecule has 2 N–H and O–H groups in total. The first-order chi connectivity index (χ1) is 12.0. The van der Waals surface area contributed by atoms with Gasteiger partial charge in [-0.25, -0.2) is 13.1 Å². The molecule has 0 aliphatic carbocycles. The number of nitrogens with one attached hydrogen (secondary N) is 2. The van der Waals surface area contributed by atoms with Crippen molar-refractivity contribution in [3.05, 3.63) is 60.2 Å². The van der Waals surface area contributed by atoms with E-state index in [1.54, 1.807) is 18.3 Å². The minimum Gasteiger partial charge on any atom is -0.459 e. The molecule has 7 nitrogen and oxygen atoms in total. The molecule has 130 valence electrons. The summed E-state index contributed by atoms with van der Waals surface area (Å²) >= 11 is 0. The topological polar surface area (TPSA) is 101 Å². The van der Waals surface area contributed by atoms with Gasteiger partial charge in [-0.2, -0.15) is 0 Å². The number of carbonyl (C=O) groups excluding carboxylic acids is 1. The van der Waals surface area contributed by atoms with Gasteiger partial charge in [0, 0.05) is 24.7 Å². The lowest BCUT2D eigenvalue weighted by atomic mass is 10.2. The second kappa shape index (κ2) is 7.04. The summed E-state index contributed by atoms with van der Waals surface area (Å²) in [5, 5.41) is 3.34. The molecule has 3 rings (SSSR count). The van der Waals surface area contributed by atoms with Gasteiger partial charge in [-0.05, 0) is 36.8 Å². The van der Waals surface area contributed by atoms with Gasteiger partial charge in [0.05, 0.1) is 11.8 Å². The molecule has 1 aromatic carbocycles. The van der Waals surface area contributed by atoms with Crippen molar-refractivity contribution in [3.8, 4) is 0 Å². The fourth-order valence-electron chi connectivity index (χ4n) is 2.39. The summed E-state index contributed by atoms with van der Waals surface area (Å²) in [6, 6.07) is 10.0. The third-order valence-corrected chi connectivity index (χ3v) is 5.04. The smallest absolute Gasteiger partial charge is 0.287 e. The van der Waals surface area contributed by atoms with E-state index >= 15 is 0 Å². The number of amides is 1. The first kappa shape index (κ1) is 17.1. The first-order valence-electron chi connectivity index (χ1n) is 7.64. The molecule has 0 aliphatic heterocycles. The number of fused-ring (bicyclic) bond motifs is 1. The van der Waals surface area contributed by atoms with E-state index in [9.17, 15) is 13.2 Å². The van der Waals surface area contributed by atoms with Crippen LogP contribution in [-0.4, -0.2) is 32.4 Å². The SMILES string of the molecule is Cc1cnc2c(S(=O)(=O)NCCNC(=O)c3ccco3)cccc2c1. The Balaban J connectivity index is 1.67. The molecule has 3 aromatic rings. The number of benzene rings is 1. The molecule has 0 aliphatic rings. The lowest BCUT2D eigenvalue weighted by molar-refractivity contribution is 0.0926. The van der Waals surface area contributed by atoms with E-state index in [0.29, 0.717) is 5.52 Å². The highest BCUT2D eigenvalue weighted by atomic mass is 32.2. The van der Waals surface area contributed by atoms with Crippen LogP contribution in [0.2, 0.25) is 0 Å². The fourth-order valence-corrected chi connectivity index (χ4v) is 3.60. The highest BCUT2D eigenvalue weighted by Crippen LogP contribution is 2.21. The minimum absolute atomic E-state index is 0.0526. The zero-order valence-electron chi connectivity index (χ0n) is 13.5. The second-order valence-electron chi connectivity index (χ2n) is 5.47. The maximum atomic E-state index is 12.5. The van der Waals surface area contributed by atoms with Crippen molar-refractivity contribution in [2.24, 2.45) is 0 Å². The molecule has 1 amide bonds. The van der Waals surface area contributed by atoms with Crippen molar-refractivity contribution < 1.29 is 17.6 Å². The predicted octanol–water partition coefficient (Wildman–Crippen LogP) is 1.84. The number of hydrogen-bond donors (Lipinski definition) is 2. The van der Waals surface area contributed by atoms with Crippen molar-refractivity contribution in [3.63, 3.8) is 0 Å². The normalized spacial score (nSPS) is 11.6. The van der Waals surface area contributed by atoms with Gasteiger partial charge in [-0.3, -0.25) is 9.78 Å². The number of sulfonamides is 1. The number of aromatic nitrogens is 1. The van der Waals surface area contributed by atoms with Crippen molar-refractivity contribution in [1.29, 1.82) is 0 Å². The van der Waals surface area contributed by atoms with Gasteiger partial charge in [0.25, 0.3) is 5.91 Å². The summed E-state index contributed by atoms with van der Waals surface area (Å²) in [6.07, 6.45) is 3.03. The molecule has 0 saturated heterocycles. The number of nitrogens with zero attached hydrogens (tertiary/aromatic N) is 1. The molecule has 0 unspecified atom stereocenters. The lowest BCUT2D eigenvalue weighted by Gasteiger charge is -2.09. The van der Waals surface area contributed by atoms with Crippen molar-refractivity contribution in [2.75, 3.05) is 13.1 Å². The van der Waals surface area contributed by atoms with E-state index in [4.69, 9.17) is 4.42 Å². The van der Waals surface area contributed by atoms with E-state index in [1.807, 2.05) is 19.1 Å². The molecule has 0 radical (unpaired) electrons. The van der Waals surface area contributed by atoms with Crippen LogP contribution in [0.3, 0.4) is 0 Å². The molecule has 0 fully saturated rings. The number of carbonyl (C=O) groups is 1. The van der Waals surface area contributed by atoms with Crippen molar-refractivity contribution >= 4 is 26.8 Å². The maximum Gasteiger partial charge on any atom is 0.287 e. The zero-order valence-corrected chi connectivity index (χ0v) is 14.3. The fraction of sp³-hybridized carbons (Fsp3) is 0.176. The molecule has 2 aromatic heterocycles. The molecule has 25 heavy (non-hydrogen) atoms. The van der Waals surface area contributed by atoms with Crippen LogP contribution < -0.4 is 10.0 Å². The van der Waals surface area contributed by atoms with Gasteiger partial charge >= 0.3 is 0 Å². The summed E-state index contributed by atoms with van der Waals surface area (Å²) in [7, 11) is -3.74. The van der Waals surface area contributed by atoms with Gasteiger partial charge in [-0.15, -0.1) is 0 Å². The molecule has 0 atom stereocenters. The van der Waals surface area contributed by atoms with Crippen molar-refractivity contribution in [2.45, 2.75) is 11.8 Å². The standard InChI is InChI=1S/C17H17N3O4S/c1-12-10-13-4-2-6-15(16(13)19-11-12)25(22,23)20-8-7-18-17(21)14-5-3-9-24-14/h2-6,9-11,20H,7-8H2,1H3,(H,18,21). The lowest BCUT2D eigenvalue weighted by Crippen LogP contribution is -2.34. The Morgan fingerprint density at radius 3 is 2.80 bits per heavy atom. The Morgan fingerprint density at radius 1 is 1.20 bits per heavy atom. The van der Waals surface area contributed by atoms with Gasteiger partial charge in [0.2, 0.25) is 10.0 Å². The van der Waals surface area contributed by atoms with Gasteiger partial charge < -0.3 is 9.73 Å². The zero-order chi connectivity index (χ0) is 17.9. The van der Waals surface area contributed by atoms with E-state index in [0.717, 1.165) is 10.9 Å². The Morgan fingerprint density at radius 2 is 2.04 bits per heavy atom. The highest BCUT2D eigenvalue weighted by Gasteiger charge is 2.18. The molecular formula is C17H17N3O4S. The summed E-state index contributed by atoms with van der Waals surface area (Å²) < 4.78 is 32.5. The van der Waals surface area contributed by atoms with Gasteiger partial charge in [-0.1, -0.05) is 12.1 Å². The van der Waals surface area contributed by atoms with Crippen LogP contribution >= 0.6 is 0 Å². The summed E-state index contributed by atoms with van der Waals surface area (Å²) in [5.74, 6) is -0.219. The second-order valence-corrected chi connectivity index (χ2v) is 7.21.